The van der Waals surface area contributed by atoms with Crippen LogP contribution in [0.15, 0.2) is 0 Å². The minimum Gasteiger partial charge on any atom is -0.259 e. The van der Waals surface area contributed by atoms with Gasteiger partial charge in [-0.2, -0.15) is 0 Å². The van der Waals surface area contributed by atoms with Crippen molar-refractivity contribution in [1.29, 1.82) is 0 Å². The largest absolute Gasteiger partial charge is 0.259 e. The van der Waals surface area contributed by atoms with Gasteiger partial charge in [0.2, 0.25) is 0 Å². The molecule has 2 heterocycles. The fourth-order valence-corrected chi connectivity index (χ4v) is 6.50. The highest BCUT2D eigenvalue weighted by Crippen LogP contribution is 2.39. The predicted molar refractivity (Wildman–Crippen MR) is 59.6 cm³/mol. The van der Waals surface area contributed by atoms with Gasteiger partial charge in [0.15, 0.2) is 0 Å². The second-order valence-electron chi connectivity index (χ2n) is 3.59. The summed E-state index contributed by atoms with van der Waals surface area (Å²) in [5, 5.41) is 0.857. The van der Waals surface area contributed by atoms with E-state index < -0.39 is 10.8 Å². The smallest absolute Gasteiger partial charge is 0.0476 e. The Morgan fingerprint density at radius 3 is 1.75 bits per heavy atom. The molecule has 5 atom stereocenters. The molecule has 0 aromatic heterocycles. The summed E-state index contributed by atoms with van der Waals surface area (Å²) in [6, 6.07) is 0. The molecule has 2 aliphatic heterocycles. The number of hydrogen-bond acceptors (Lipinski definition) is 1. The Morgan fingerprint density at radius 2 is 1.33 bits per heavy atom. The van der Waals surface area contributed by atoms with E-state index in [1.54, 1.807) is 0 Å². The Hall–Kier alpha value is 1.11. The van der Waals surface area contributed by atoms with Crippen molar-refractivity contribution in [2.75, 3.05) is 0 Å². The molecule has 0 aromatic rings. The summed E-state index contributed by atoms with van der Waals surface area (Å²) in [5.74, 6) is 0. The Labute approximate surface area is 92.4 Å². The molecule has 2 aliphatic rings. The van der Waals surface area contributed by atoms with Crippen molar-refractivity contribution >= 4 is 42.7 Å². The first-order valence-electron chi connectivity index (χ1n) is 4.37. The topological polar surface area (TPSA) is 17.1 Å². The van der Waals surface area contributed by atoms with E-state index in [4.69, 9.17) is 0 Å². The molecule has 2 saturated heterocycles. The zero-order valence-corrected chi connectivity index (χ0v) is 10.7. The number of fused-ring (bicyclic) bond motifs is 2. The molecule has 0 aromatic carbocycles. The number of alkyl halides is 2. The van der Waals surface area contributed by atoms with Gasteiger partial charge in [-0.15, -0.1) is 0 Å². The van der Waals surface area contributed by atoms with Gasteiger partial charge in [-0.1, -0.05) is 31.9 Å². The van der Waals surface area contributed by atoms with Crippen molar-refractivity contribution in [2.45, 2.75) is 45.8 Å². The summed E-state index contributed by atoms with van der Waals surface area (Å²) in [7, 11) is -0.590. The molecule has 70 valence electrons. The number of rotatable bonds is 0. The lowest BCUT2D eigenvalue weighted by Gasteiger charge is -2.39. The van der Waals surface area contributed by atoms with Crippen LogP contribution in [0.1, 0.15) is 25.7 Å². The Morgan fingerprint density at radius 1 is 0.917 bits per heavy atom. The van der Waals surface area contributed by atoms with E-state index >= 15 is 0 Å². The summed E-state index contributed by atoms with van der Waals surface area (Å²) in [6.07, 6.45) is 4.64. The fraction of sp³-hybridized carbons (Fsp3) is 1.00. The van der Waals surface area contributed by atoms with E-state index in [1.807, 2.05) is 0 Å². The molecule has 2 rings (SSSR count). The lowest BCUT2D eigenvalue weighted by Crippen LogP contribution is -2.46. The van der Waals surface area contributed by atoms with Gasteiger partial charge in [0, 0.05) is 31.0 Å². The quantitative estimate of drug-likeness (QED) is 0.628. The Bertz CT molecular complexity index is 189. The van der Waals surface area contributed by atoms with Gasteiger partial charge in [0.05, 0.1) is 0 Å². The number of halogens is 2. The second-order valence-corrected chi connectivity index (χ2v) is 7.81. The zero-order valence-electron chi connectivity index (χ0n) is 6.71. The average molecular weight is 316 g/mol. The molecular formula is C8H12Br2OS. The van der Waals surface area contributed by atoms with E-state index in [0.717, 1.165) is 12.8 Å². The van der Waals surface area contributed by atoms with Gasteiger partial charge in [-0.25, -0.2) is 0 Å². The third-order valence-electron chi connectivity index (χ3n) is 2.86. The fourth-order valence-electron chi connectivity index (χ4n) is 2.13. The highest BCUT2D eigenvalue weighted by molar-refractivity contribution is 9.10. The molecule has 2 fully saturated rings. The van der Waals surface area contributed by atoms with Crippen molar-refractivity contribution < 1.29 is 4.21 Å². The maximum absolute atomic E-state index is 11.9. The van der Waals surface area contributed by atoms with Gasteiger partial charge in [0.1, 0.15) is 0 Å². The number of hydrogen-bond donors (Lipinski definition) is 0. The third-order valence-corrected chi connectivity index (χ3v) is 8.07. The maximum Gasteiger partial charge on any atom is 0.0476 e. The highest BCUT2D eigenvalue weighted by Gasteiger charge is 2.42. The van der Waals surface area contributed by atoms with Gasteiger partial charge >= 0.3 is 0 Å². The van der Waals surface area contributed by atoms with Crippen LogP contribution in [0.25, 0.3) is 0 Å². The third kappa shape index (κ3) is 1.55. The van der Waals surface area contributed by atoms with Crippen LogP contribution in [0.3, 0.4) is 0 Å². The normalized spacial score (nSPS) is 53.7. The second kappa shape index (κ2) is 3.70. The van der Waals surface area contributed by atoms with E-state index in [2.05, 4.69) is 31.9 Å². The van der Waals surface area contributed by atoms with Gasteiger partial charge in [-0.3, -0.25) is 4.21 Å². The minimum absolute atomic E-state index is 0.428. The molecule has 0 spiro atoms. The van der Waals surface area contributed by atoms with E-state index in [-0.39, 0.29) is 0 Å². The summed E-state index contributed by atoms with van der Waals surface area (Å²) in [6.45, 7) is 0. The summed E-state index contributed by atoms with van der Waals surface area (Å²) in [5.41, 5.74) is 0. The van der Waals surface area contributed by atoms with Crippen molar-refractivity contribution in [3.63, 3.8) is 0 Å². The summed E-state index contributed by atoms with van der Waals surface area (Å²) in [4.78, 5) is 1.02. The van der Waals surface area contributed by atoms with E-state index in [9.17, 15) is 4.21 Å². The first-order valence-corrected chi connectivity index (χ1v) is 7.48. The molecule has 12 heavy (non-hydrogen) atoms. The van der Waals surface area contributed by atoms with Crippen molar-refractivity contribution in [2.24, 2.45) is 0 Å². The molecule has 0 N–H and O–H groups in total. The van der Waals surface area contributed by atoms with Gasteiger partial charge in [-0.05, 0) is 25.7 Å². The van der Waals surface area contributed by atoms with Crippen LogP contribution < -0.4 is 0 Å². The SMILES string of the molecule is O=S1[C@@H]2CC[C@@H](Br)[C@@H]1CC[C@@H]2Br. The van der Waals surface area contributed by atoms with Crippen LogP contribution >= 0.6 is 31.9 Å². The van der Waals surface area contributed by atoms with Crippen molar-refractivity contribution in [1.82, 2.24) is 0 Å². The highest BCUT2D eigenvalue weighted by atomic mass is 79.9. The lowest BCUT2D eigenvalue weighted by atomic mass is 9.99. The summed E-state index contributed by atoms with van der Waals surface area (Å²) >= 11 is 7.26. The molecule has 4 heteroatoms. The standard InChI is InChI=1S/C8H12Br2OS/c9-5-1-3-7-6(10)2-4-8(5)12(7)11/h5-8H,1-4H2/t5-,6+,7-,8+,12?. The molecular weight excluding hydrogens is 304 g/mol. The molecule has 0 radical (unpaired) electrons. The van der Waals surface area contributed by atoms with Gasteiger partial charge < -0.3 is 0 Å². The molecule has 2 bridgehead atoms. The van der Waals surface area contributed by atoms with Crippen LogP contribution in [0.4, 0.5) is 0 Å². The van der Waals surface area contributed by atoms with E-state index in [0.29, 0.717) is 20.2 Å². The van der Waals surface area contributed by atoms with Crippen molar-refractivity contribution in [3.05, 3.63) is 0 Å². The summed E-state index contributed by atoms with van der Waals surface area (Å²) < 4.78 is 11.9. The van der Waals surface area contributed by atoms with E-state index in [1.165, 1.54) is 12.8 Å². The molecule has 1 unspecified atom stereocenters. The maximum atomic E-state index is 11.9. The van der Waals surface area contributed by atoms with Crippen LogP contribution in [-0.4, -0.2) is 24.4 Å². The van der Waals surface area contributed by atoms with Crippen LogP contribution in [0.2, 0.25) is 0 Å². The lowest BCUT2D eigenvalue weighted by molar-refractivity contribution is 0.488. The molecule has 0 aliphatic carbocycles. The molecule has 0 amide bonds. The zero-order chi connectivity index (χ0) is 8.72. The predicted octanol–water partition coefficient (Wildman–Crippen LogP) is 2.59. The Balaban J connectivity index is 2.18. The first-order chi connectivity index (χ1) is 5.70. The monoisotopic (exact) mass is 314 g/mol. The van der Waals surface area contributed by atoms with Crippen LogP contribution in [0.5, 0.6) is 0 Å². The first kappa shape index (κ1) is 9.66. The molecule has 1 nitrogen and oxygen atoms in total. The van der Waals surface area contributed by atoms with Gasteiger partial charge in [0.25, 0.3) is 0 Å². The van der Waals surface area contributed by atoms with Crippen molar-refractivity contribution in [3.8, 4) is 0 Å². The Kier molecular flexibility index (Phi) is 2.97. The average Bonchev–Trinajstić information content (AvgIpc) is 2.01. The minimum atomic E-state index is -0.590. The van der Waals surface area contributed by atoms with Crippen LogP contribution in [-0.2, 0) is 10.8 Å². The molecule has 0 saturated carbocycles. The van der Waals surface area contributed by atoms with Crippen LogP contribution in [0, 0.1) is 0 Å².